The van der Waals surface area contributed by atoms with Crippen LogP contribution in [0.15, 0.2) is 158 Å². The fraction of sp³-hybridized carbons (Fsp3) is 0. The number of aromatic nitrogens is 3. The zero-order valence-corrected chi connectivity index (χ0v) is 22.3. The summed E-state index contributed by atoms with van der Waals surface area (Å²) in [4.78, 5) is 6.71. The van der Waals surface area contributed by atoms with E-state index in [1.165, 1.54) is 21.7 Å². The van der Waals surface area contributed by atoms with E-state index in [2.05, 4.69) is 159 Å². The second kappa shape index (κ2) is 9.54. The minimum absolute atomic E-state index is 1.01. The van der Waals surface area contributed by atoms with Gasteiger partial charge in [0.1, 0.15) is 5.65 Å². The van der Waals surface area contributed by atoms with Crippen molar-refractivity contribution in [3.63, 3.8) is 0 Å². The van der Waals surface area contributed by atoms with Crippen LogP contribution in [0.25, 0.3) is 44.2 Å². The number of pyridine rings is 1. The van der Waals surface area contributed by atoms with Crippen LogP contribution in [-0.2, 0) is 0 Å². The molecule has 8 rings (SSSR count). The van der Waals surface area contributed by atoms with Crippen molar-refractivity contribution in [3.05, 3.63) is 158 Å². The van der Waals surface area contributed by atoms with Gasteiger partial charge in [-0.2, -0.15) is 0 Å². The Morgan fingerprint density at radius 2 is 1.05 bits per heavy atom. The van der Waals surface area contributed by atoms with E-state index in [0.717, 1.165) is 39.6 Å². The van der Waals surface area contributed by atoms with E-state index in [9.17, 15) is 0 Å². The number of para-hydroxylation sites is 4. The molecule has 0 radical (unpaired) electrons. The molecule has 0 unspecified atom stereocenters. The summed E-state index contributed by atoms with van der Waals surface area (Å²) in [7, 11) is 0. The van der Waals surface area contributed by atoms with Crippen LogP contribution >= 0.6 is 0 Å². The topological polar surface area (TPSA) is 26.0 Å². The molecule has 4 heteroatoms. The van der Waals surface area contributed by atoms with Gasteiger partial charge in [-0.05, 0) is 66.7 Å². The summed E-state index contributed by atoms with van der Waals surface area (Å²) >= 11 is 0. The summed E-state index contributed by atoms with van der Waals surface area (Å²) in [5.41, 5.74) is 8.94. The Balaban J connectivity index is 1.50. The highest BCUT2D eigenvalue weighted by atomic mass is 15.2. The molecule has 0 aliphatic rings. The molecular formula is C37H26N4. The molecule has 0 amide bonds. The molecule has 0 saturated heterocycles. The summed E-state index contributed by atoms with van der Waals surface area (Å²) < 4.78 is 4.81. The van der Waals surface area contributed by atoms with Gasteiger partial charge in [0.15, 0.2) is 0 Å². The van der Waals surface area contributed by atoms with E-state index in [1.807, 2.05) is 18.5 Å². The highest BCUT2D eigenvalue weighted by molar-refractivity contribution is 6.22. The average Bonchev–Trinajstić information content (AvgIpc) is 3.55. The first-order valence-electron chi connectivity index (χ1n) is 13.8. The van der Waals surface area contributed by atoms with Gasteiger partial charge in [-0.3, -0.25) is 14.1 Å². The van der Waals surface area contributed by atoms with E-state index in [4.69, 9.17) is 0 Å². The zero-order valence-electron chi connectivity index (χ0n) is 22.3. The van der Waals surface area contributed by atoms with Crippen LogP contribution < -0.4 is 4.90 Å². The van der Waals surface area contributed by atoms with Crippen molar-refractivity contribution < 1.29 is 0 Å². The Kier molecular flexibility index (Phi) is 5.42. The van der Waals surface area contributed by atoms with Gasteiger partial charge >= 0.3 is 0 Å². The van der Waals surface area contributed by atoms with Gasteiger partial charge in [-0.1, -0.05) is 78.9 Å². The quantitative estimate of drug-likeness (QED) is 0.223. The molecular weight excluding hydrogens is 500 g/mol. The highest BCUT2D eigenvalue weighted by Crippen LogP contribution is 2.43. The third kappa shape index (κ3) is 3.73. The third-order valence-electron chi connectivity index (χ3n) is 7.76. The normalized spacial score (nSPS) is 11.4. The number of hydrogen-bond donors (Lipinski definition) is 0. The predicted molar refractivity (Wildman–Crippen MR) is 170 cm³/mol. The van der Waals surface area contributed by atoms with Crippen molar-refractivity contribution in [1.82, 2.24) is 14.1 Å². The number of anilines is 3. The van der Waals surface area contributed by atoms with E-state index in [1.54, 1.807) is 0 Å². The van der Waals surface area contributed by atoms with Crippen molar-refractivity contribution >= 4 is 49.9 Å². The van der Waals surface area contributed by atoms with Gasteiger partial charge in [-0.25, -0.2) is 0 Å². The molecule has 194 valence electrons. The van der Waals surface area contributed by atoms with Crippen LogP contribution in [0.1, 0.15) is 0 Å². The van der Waals surface area contributed by atoms with Crippen LogP contribution in [0.5, 0.6) is 0 Å². The van der Waals surface area contributed by atoms with Crippen LogP contribution in [0, 0.1) is 0 Å². The number of fused-ring (bicyclic) bond motifs is 5. The van der Waals surface area contributed by atoms with Gasteiger partial charge in [0.25, 0.3) is 0 Å². The lowest BCUT2D eigenvalue weighted by Crippen LogP contribution is -2.10. The SMILES string of the molecule is c1ccc(N(c2cccnc2)c2ccc3c4c5ccccc5n(-c5ccccc5)c4n(-c4ccccc4)c3c2)cc1. The van der Waals surface area contributed by atoms with E-state index >= 15 is 0 Å². The number of rotatable bonds is 5. The summed E-state index contributed by atoms with van der Waals surface area (Å²) in [6.45, 7) is 0. The van der Waals surface area contributed by atoms with Crippen molar-refractivity contribution in [1.29, 1.82) is 0 Å². The fourth-order valence-electron chi connectivity index (χ4n) is 6.06. The molecule has 5 aromatic carbocycles. The van der Waals surface area contributed by atoms with Crippen molar-refractivity contribution in [3.8, 4) is 11.4 Å². The lowest BCUT2D eigenvalue weighted by atomic mass is 10.1. The zero-order chi connectivity index (χ0) is 27.2. The maximum Gasteiger partial charge on any atom is 0.131 e. The molecule has 0 bridgehead atoms. The highest BCUT2D eigenvalue weighted by Gasteiger charge is 2.23. The molecule has 0 atom stereocenters. The largest absolute Gasteiger partial charge is 0.309 e. The van der Waals surface area contributed by atoms with Gasteiger partial charge in [0.05, 0.1) is 22.9 Å². The Labute approximate surface area is 238 Å². The summed E-state index contributed by atoms with van der Waals surface area (Å²) in [5, 5.41) is 3.71. The average molecular weight is 527 g/mol. The Morgan fingerprint density at radius 3 is 1.73 bits per heavy atom. The smallest absolute Gasteiger partial charge is 0.131 e. The molecule has 0 aliphatic carbocycles. The van der Waals surface area contributed by atoms with Crippen molar-refractivity contribution in [2.75, 3.05) is 4.90 Å². The molecule has 0 saturated carbocycles. The van der Waals surface area contributed by atoms with Crippen LogP contribution in [0.2, 0.25) is 0 Å². The minimum atomic E-state index is 1.01. The summed E-state index contributed by atoms with van der Waals surface area (Å²) in [5.74, 6) is 0. The minimum Gasteiger partial charge on any atom is -0.309 e. The van der Waals surface area contributed by atoms with E-state index < -0.39 is 0 Å². The van der Waals surface area contributed by atoms with Gasteiger partial charge < -0.3 is 4.90 Å². The molecule has 3 aromatic heterocycles. The van der Waals surface area contributed by atoms with E-state index in [0.29, 0.717) is 0 Å². The molecule has 3 heterocycles. The van der Waals surface area contributed by atoms with Gasteiger partial charge in [0, 0.05) is 45.1 Å². The van der Waals surface area contributed by atoms with E-state index in [-0.39, 0.29) is 0 Å². The predicted octanol–water partition coefficient (Wildman–Crippen LogP) is 9.59. The number of hydrogen-bond acceptors (Lipinski definition) is 2. The lowest BCUT2D eigenvalue weighted by Gasteiger charge is -2.25. The number of benzene rings is 5. The molecule has 8 aromatic rings. The molecule has 4 nitrogen and oxygen atoms in total. The Bertz CT molecular complexity index is 2090. The summed E-state index contributed by atoms with van der Waals surface area (Å²) in [6.07, 6.45) is 3.73. The summed E-state index contributed by atoms with van der Waals surface area (Å²) in [6, 6.07) is 51.4. The van der Waals surface area contributed by atoms with Gasteiger partial charge in [-0.15, -0.1) is 0 Å². The molecule has 0 aliphatic heterocycles. The van der Waals surface area contributed by atoms with Crippen molar-refractivity contribution in [2.24, 2.45) is 0 Å². The van der Waals surface area contributed by atoms with Gasteiger partial charge in [0.2, 0.25) is 0 Å². The standard InChI is InChI=1S/C37H26N4/c1-4-13-27(14-5-1)39(31-19-12-24-38-26-31)30-22-23-33-35(25-30)41(29-17-8-3-9-18-29)37-36(33)32-20-10-11-21-34(32)40(37)28-15-6-2-7-16-28/h1-26H. The van der Waals surface area contributed by atoms with Crippen LogP contribution in [-0.4, -0.2) is 14.1 Å². The second-order valence-electron chi connectivity index (χ2n) is 10.1. The maximum atomic E-state index is 4.44. The van der Waals surface area contributed by atoms with Crippen LogP contribution in [0.3, 0.4) is 0 Å². The Hall–Kier alpha value is -5.61. The third-order valence-corrected chi connectivity index (χ3v) is 7.76. The maximum absolute atomic E-state index is 4.44. The second-order valence-corrected chi connectivity index (χ2v) is 10.1. The number of nitrogens with zero attached hydrogens (tertiary/aromatic N) is 4. The molecule has 0 fully saturated rings. The lowest BCUT2D eigenvalue weighted by molar-refractivity contribution is 1.07. The Morgan fingerprint density at radius 1 is 0.463 bits per heavy atom. The van der Waals surface area contributed by atoms with Crippen LogP contribution in [0.4, 0.5) is 17.1 Å². The molecule has 0 spiro atoms. The first-order chi connectivity index (χ1) is 20.4. The first kappa shape index (κ1) is 23.3. The fourth-order valence-corrected chi connectivity index (χ4v) is 6.06. The van der Waals surface area contributed by atoms with Crippen molar-refractivity contribution in [2.45, 2.75) is 0 Å². The molecule has 41 heavy (non-hydrogen) atoms. The first-order valence-corrected chi connectivity index (χ1v) is 13.8. The molecule has 0 N–H and O–H groups in total. The monoisotopic (exact) mass is 526 g/mol.